The Morgan fingerprint density at radius 3 is 2.52 bits per heavy atom. The Hall–Kier alpha value is -1.91. The number of hydrogen-bond donors (Lipinski definition) is 1. The molecule has 2 rings (SSSR count). The molecule has 0 aromatic heterocycles. The van der Waals surface area contributed by atoms with E-state index in [1.807, 2.05) is 31.2 Å². The fourth-order valence-corrected chi connectivity index (χ4v) is 2.56. The number of hydrogen-bond acceptors (Lipinski definition) is 4. The minimum atomic E-state index is -0.503. The minimum absolute atomic E-state index is 0.292. The Morgan fingerprint density at radius 2 is 1.87 bits per heavy atom. The van der Waals surface area contributed by atoms with E-state index in [-0.39, 0.29) is 0 Å². The maximum Gasteiger partial charge on any atom is 0.340 e. The van der Waals surface area contributed by atoms with Gasteiger partial charge in [0.2, 0.25) is 0 Å². The van der Waals surface area contributed by atoms with Crippen LogP contribution in [0.15, 0.2) is 36.4 Å². The van der Waals surface area contributed by atoms with Crippen LogP contribution in [0.4, 0.5) is 5.69 Å². The van der Waals surface area contributed by atoms with Crippen LogP contribution in [-0.2, 0) is 4.74 Å². The number of halogens is 2. The third-order valence-corrected chi connectivity index (χ3v) is 3.67. The highest BCUT2D eigenvalue weighted by Gasteiger charge is 2.16. The van der Waals surface area contributed by atoms with Crippen LogP contribution in [-0.4, -0.2) is 26.2 Å². The zero-order valence-electron chi connectivity index (χ0n) is 12.9. The molecule has 4 nitrogen and oxygen atoms in total. The van der Waals surface area contributed by atoms with Gasteiger partial charge in [-0.05, 0) is 31.2 Å². The summed E-state index contributed by atoms with van der Waals surface area (Å²) in [5.74, 6) is 0.282. The number of anilines is 1. The molecule has 2 aromatic rings. The van der Waals surface area contributed by atoms with Crippen LogP contribution in [0, 0.1) is 6.92 Å². The first-order chi connectivity index (χ1) is 11.0. The van der Waals surface area contributed by atoms with Crippen LogP contribution in [0.5, 0.6) is 5.75 Å². The quantitative estimate of drug-likeness (QED) is 0.609. The van der Waals surface area contributed by atoms with Crippen molar-refractivity contribution in [3.8, 4) is 5.75 Å². The van der Waals surface area contributed by atoms with Crippen LogP contribution in [0.3, 0.4) is 0 Å². The molecule has 0 fully saturated rings. The second-order valence-electron chi connectivity index (χ2n) is 4.89. The molecule has 23 heavy (non-hydrogen) atoms. The number of benzene rings is 2. The molecular formula is C17H17Cl2NO3. The summed E-state index contributed by atoms with van der Waals surface area (Å²) in [5, 5.41) is 3.82. The standard InChI is InChI=1S/C17H17Cl2NO3/c1-11-3-5-13(6-4-11)23-8-7-20-16-14(17(21)22-2)9-12(18)10-15(16)19/h3-6,9-10,20H,7-8H2,1-2H3. The zero-order valence-corrected chi connectivity index (χ0v) is 14.4. The smallest absolute Gasteiger partial charge is 0.340 e. The number of ether oxygens (including phenoxy) is 2. The van der Waals surface area contributed by atoms with Gasteiger partial charge in [0.05, 0.1) is 23.4 Å². The first-order valence-electron chi connectivity index (χ1n) is 7.02. The predicted molar refractivity (Wildman–Crippen MR) is 93.0 cm³/mol. The number of rotatable bonds is 6. The summed E-state index contributed by atoms with van der Waals surface area (Å²) in [6, 6.07) is 10.9. The van der Waals surface area contributed by atoms with Crippen molar-refractivity contribution in [1.82, 2.24) is 0 Å². The summed E-state index contributed by atoms with van der Waals surface area (Å²) in [4.78, 5) is 11.8. The fourth-order valence-electron chi connectivity index (χ4n) is 2.00. The Bertz CT molecular complexity index is 687. The molecular weight excluding hydrogens is 337 g/mol. The van der Waals surface area contributed by atoms with Crippen molar-refractivity contribution < 1.29 is 14.3 Å². The lowest BCUT2D eigenvalue weighted by molar-refractivity contribution is 0.0602. The molecule has 0 radical (unpaired) electrons. The molecule has 0 saturated carbocycles. The van der Waals surface area contributed by atoms with E-state index in [9.17, 15) is 4.79 Å². The van der Waals surface area contributed by atoms with E-state index in [4.69, 9.17) is 32.7 Å². The summed E-state index contributed by atoms with van der Waals surface area (Å²) in [6.45, 7) is 2.91. The van der Waals surface area contributed by atoms with Gasteiger partial charge < -0.3 is 14.8 Å². The molecule has 6 heteroatoms. The van der Waals surface area contributed by atoms with Crippen molar-refractivity contribution in [3.63, 3.8) is 0 Å². The van der Waals surface area contributed by atoms with Gasteiger partial charge in [-0.25, -0.2) is 4.79 Å². The number of aryl methyl sites for hydroxylation is 1. The van der Waals surface area contributed by atoms with Crippen molar-refractivity contribution in [1.29, 1.82) is 0 Å². The molecule has 0 aliphatic heterocycles. The zero-order chi connectivity index (χ0) is 16.8. The molecule has 0 saturated heterocycles. The van der Waals surface area contributed by atoms with Gasteiger partial charge in [0.15, 0.2) is 0 Å². The first kappa shape index (κ1) is 17.4. The second-order valence-corrected chi connectivity index (χ2v) is 5.73. The number of methoxy groups -OCH3 is 1. The van der Waals surface area contributed by atoms with E-state index in [1.54, 1.807) is 6.07 Å². The molecule has 1 N–H and O–H groups in total. The maximum absolute atomic E-state index is 11.8. The Morgan fingerprint density at radius 1 is 1.17 bits per heavy atom. The van der Waals surface area contributed by atoms with Crippen LogP contribution < -0.4 is 10.1 Å². The average molecular weight is 354 g/mol. The Labute approximate surface area is 145 Å². The van der Waals surface area contributed by atoms with E-state index >= 15 is 0 Å². The molecule has 0 atom stereocenters. The fraction of sp³-hybridized carbons (Fsp3) is 0.235. The topological polar surface area (TPSA) is 47.6 Å². The second kappa shape index (κ2) is 8.09. The molecule has 2 aromatic carbocycles. The van der Waals surface area contributed by atoms with Crippen LogP contribution in [0.25, 0.3) is 0 Å². The highest BCUT2D eigenvalue weighted by Crippen LogP contribution is 2.30. The molecule has 0 heterocycles. The van der Waals surface area contributed by atoms with Gasteiger partial charge in [-0.1, -0.05) is 40.9 Å². The lowest BCUT2D eigenvalue weighted by Gasteiger charge is -2.14. The molecule has 0 bridgehead atoms. The van der Waals surface area contributed by atoms with Gasteiger partial charge in [-0.3, -0.25) is 0 Å². The van der Waals surface area contributed by atoms with Gasteiger partial charge in [0, 0.05) is 11.6 Å². The molecule has 0 unspecified atom stereocenters. The third-order valence-electron chi connectivity index (χ3n) is 3.15. The number of carbonyl (C=O) groups is 1. The summed E-state index contributed by atoms with van der Waals surface area (Å²) in [6.07, 6.45) is 0. The van der Waals surface area contributed by atoms with Crippen molar-refractivity contribution in [3.05, 3.63) is 57.6 Å². The number of nitrogens with one attached hydrogen (secondary N) is 1. The minimum Gasteiger partial charge on any atom is -0.492 e. The molecule has 0 aliphatic rings. The van der Waals surface area contributed by atoms with E-state index in [2.05, 4.69) is 5.32 Å². The lowest BCUT2D eigenvalue weighted by Crippen LogP contribution is -2.15. The van der Waals surface area contributed by atoms with Crippen molar-refractivity contribution in [2.45, 2.75) is 6.92 Å². The van der Waals surface area contributed by atoms with Gasteiger partial charge in [-0.15, -0.1) is 0 Å². The van der Waals surface area contributed by atoms with E-state index in [0.717, 1.165) is 5.75 Å². The molecule has 122 valence electrons. The van der Waals surface area contributed by atoms with Gasteiger partial charge in [0.25, 0.3) is 0 Å². The summed E-state index contributed by atoms with van der Waals surface area (Å²) < 4.78 is 10.4. The van der Waals surface area contributed by atoms with Crippen molar-refractivity contribution >= 4 is 34.9 Å². The lowest BCUT2D eigenvalue weighted by atomic mass is 10.1. The third kappa shape index (κ3) is 4.78. The van der Waals surface area contributed by atoms with Gasteiger partial charge in [0.1, 0.15) is 12.4 Å². The SMILES string of the molecule is COC(=O)c1cc(Cl)cc(Cl)c1NCCOc1ccc(C)cc1. The predicted octanol–water partition coefficient (Wildman–Crippen LogP) is 4.58. The normalized spacial score (nSPS) is 10.3. The average Bonchev–Trinajstić information content (AvgIpc) is 2.53. The van der Waals surface area contributed by atoms with Crippen LogP contribution in [0.1, 0.15) is 15.9 Å². The van der Waals surface area contributed by atoms with Crippen LogP contribution in [0.2, 0.25) is 10.0 Å². The van der Waals surface area contributed by atoms with E-state index < -0.39 is 5.97 Å². The Kier molecular flexibility index (Phi) is 6.13. The number of esters is 1. The highest BCUT2D eigenvalue weighted by molar-refractivity contribution is 6.37. The Balaban J connectivity index is 1.99. The first-order valence-corrected chi connectivity index (χ1v) is 7.77. The van der Waals surface area contributed by atoms with Crippen LogP contribution >= 0.6 is 23.2 Å². The van der Waals surface area contributed by atoms with E-state index in [1.165, 1.54) is 18.7 Å². The summed E-state index contributed by atoms with van der Waals surface area (Å²) in [5.41, 5.74) is 1.95. The maximum atomic E-state index is 11.8. The van der Waals surface area contributed by atoms with Gasteiger partial charge >= 0.3 is 5.97 Å². The number of carbonyl (C=O) groups excluding carboxylic acids is 1. The van der Waals surface area contributed by atoms with Gasteiger partial charge in [-0.2, -0.15) is 0 Å². The molecule has 0 amide bonds. The highest BCUT2D eigenvalue weighted by atomic mass is 35.5. The van der Waals surface area contributed by atoms with E-state index in [0.29, 0.717) is 34.4 Å². The molecule has 0 aliphatic carbocycles. The summed E-state index contributed by atoms with van der Waals surface area (Å²) in [7, 11) is 1.31. The van der Waals surface area contributed by atoms with Crippen molar-refractivity contribution in [2.75, 3.05) is 25.6 Å². The largest absolute Gasteiger partial charge is 0.492 e. The summed E-state index contributed by atoms with van der Waals surface area (Å²) >= 11 is 12.1. The monoisotopic (exact) mass is 353 g/mol. The van der Waals surface area contributed by atoms with Crippen molar-refractivity contribution in [2.24, 2.45) is 0 Å². The molecule has 0 spiro atoms.